The van der Waals surface area contributed by atoms with Gasteiger partial charge < -0.3 is 10.6 Å². The molecule has 0 spiro atoms. The summed E-state index contributed by atoms with van der Waals surface area (Å²) in [7, 11) is 1.88. The summed E-state index contributed by atoms with van der Waals surface area (Å²) in [6.45, 7) is 17.3. The third-order valence-corrected chi connectivity index (χ3v) is 5.52. The van der Waals surface area contributed by atoms with Gasteiger partial charge in [0.05, 0.1) is 0 Å². The molecule has 0 aromatic heterocycles. The molecule has 2 heterocycles. The van der Waals surface area contributed by atoms with Gasteiger partial charge in [-0.2, -0.15) is 0 Å². The number of aliphatic imine (C=N–C) groups is 1. The second-order valence-corrected chi connectivity index (χ2v) is 8.41. The molecule has 3 atom stereocenters. The normalized spacial score (nSPS) is 28.6. The van der Waals surface area contributed by atoms with Gasteiger partial charge in [-0.15, -0.1) is 24.0 Å². The first-order valence-corrected chi connectivity index (χ1v) is 9.86. The summed E-state index contributed by atoms with van der Waals surface area (Å²) in [6.07, 6.45) is 2.63. The van der Waals surface area contributed by atoms with E-state index in [1.165, 1.54) is 32.5 Å². The van der Waals surface area contributed by atoms with E-state index in [0.717, 1.165) is 25.0 Å². The quantitative estimate of drug-likeness (QED) is 0.360. The molecule has 5 nitrogen and oxygen atoms in total. The first kappa shape index (κ1) is 23.0. The van der Waals surface area contributed by atoms with Crippen molar-refractivity contribution in [3.05, 3.63) is 0 Å². The number of hydrogen-bond acceptors (Lipinski definition) is 3. The third kappa shape index (κ3) is 6.86. The predicted molar refractivity (Wildman–Crippen MR) is 119 cm³/mol. The lowest BCUT2D eigenvalue weighted by molar-refractivity contribution is 0.226. The lowest BCUT2D eigenvalue weighted by Gasteiger charge is -2.28. The Labute approximate surface area is 172 Å². The van der Waals surface area contributed by atoms with Gasteiger partial charge in [0.15, 0.2) is 5.96 Å². The van der Waals surface area contributed by atoms with Gasteiger partial charge in [0.25, 0.3) is 0 Å². The highest BCUT2D eigenvalue weighted by molar-refractivity contribution is 14.0. The summed E-state index contributed by atoms with van der Waals surface area (Å²) >= 11 is 0. The predicted octanol–water partition coefficient (Wildman–Crippen LogP) is 2.62. The first-order valence-electron chi connectivity index (χ1n) is 9.86. The number of rotatable bonds is 6. The Balaban J connectivity index is 0.00000312. The van der Waals surface area contributed by atoms with Gasteiger partial charge in [-0.1, -0.05) is 20.8 Å². The fraction of sp³-hybridized carbons (Fsp3) is 0.947. The number of halogens is 1. The smallest absolute Gasteiger partial charge is 0.191 e. The summed E-state index contributed by atoms with van der Waals surface area (Å²) < 4.78 is 0. The van der Waals surface area contributed by atoms with Crippen LogP contribution in [0.25, 0.3) is 0 Å². The Bertz CT molecular complexity index is 413. The van der Waals surface area contributed by atoms with Gasteiger partial charge in [0, 0.05) is 51.4 Å². The molecule has 148 valence electrons. The highest BCUT2D eigenvalue weighted by atomic mass is 127. The summed E-state index contributed by atoms with van der Waals surface area (Å²) in [5, 5.41) is 7.24. The molecule has 2 saturated heterocycles. The van der Waals surface area contributed by atoms with Crippen molar-refractivity contribution in [3.8, 4) is 0 Å². The Hall–Kier alpha value is -0.0800. The topological polar surface area (TPSA) is 42.9 Å². The molecule has 0 aromatic rings. The molecule has 2 rings (SSSR count). The maximum absolute atomic E-state index is 4.46. The van der Waals surface area contributed by atoms with E-state index in [2.05, 4.69) is 60.0 Å². The third-order valence-electron chi connectivity index (χ3n) is 5.52. The van der Waals surface area contributed by atoms with Crippen LogP contribution >= 0.6 is 24.0 Å². The highest BCUT2D eigenvalue weighted by Gasteiger charge is 2.31. The summed E-state index contributed by atoms with van der Waals surface area (Å²) in [5.41, 5.74) is 0. The van der Waals surface area contributed by atoms with E-state index in [0.29, 0.717) is 24.0 Å². The molecule has 2 fully saturated rings. The summed E-state index contributed by atoms with van der Waals surface area (Å²) in [6, 6.07) is 1.77. The van der Waals surface area contributed by atoms with E-state index in [-0.39, 0.29) is 24.0 Å². The standard InChI is InChI=1S/C19H39N5.HI/c1-14(2)11-23-9-7-8-17(23)10-21-19(20-6)22-18-13-24(15(3)4)12-16(18)5;/h14-18H,7-13H2,1-6H3,(H2,20,21,22);1H/t16?,17-,18?;/m1./s1. The van der Waals surface area contributed by atoms with Gasteiger partial charge in [-0.25, -0.2) is 0 Å². The summed E-state index contributed by atoms with van der Waals surface area (Å²) in [5.74, 6) is 2.37. The zero-order chi connectivity index (χ0) is 17.7. The lowest BCUT2D eigenvalue weighted by Crippen LogP contribution is -2.50. The first-order chi connectivity index (χ1) is 11.4. The largest absolute Gasteiger partial charge is 0.355 e. The molecular formula is C19H40IN5. The molecule has 2 unspecified atom stereocenters. The number of likely N-dealkylation sites (tertiary alicyclic amines) is 2. The van der Waals surface area contributed by atoms with E-state index >= 15 is 0 Å². The fourth-order valence-electron chi connectivity index (χ4n) is 4.03. The van der Waals surface area contributed by atoms with Crippen molar-refractivity contribution in [3.63, 3.8) is 0 Å². The van der Waals surface area contributed by atoms with E-state index in [1.54, 1.807) is 0 Å². The molecule has 0 saturated carbocycles. The Morgan fingerprint density at radius 1 is 1.20 bits per heavy atom. The van der Waals surface area contributed by atoms with Crippen LogP contribution in [0.3, 0.4) is 0 Å². The minimum absolute atomic E-state index is 0. The van der Waals surface area contributed by atoms with Gasteiger partial charge in [-0.3, -0.25) is 14.8 Å². The Morgan fingerprint density at radius 2 is 1.92 bits per heavy atom. The van der Waals surface area contributed by atoms with Gasteiger partial charge in [0.2, 0.25) is 0 Å². The number of nitrogens with one attached hydrogen (secondary N) is 2. The van der Waals surface area contributed by atoms with Crippen molar-refractivity contribution in [2.45, 2.75) is 65.6 Å². The lowest BCUT2D eigenvalue weighted by atomic mass is 10.1. The number of guanidine groups is 1. The second-order valence-electron chi connectivity index (χ2n) is 8.41. The second kappa shape index (κ2) is 10.9. The van der Waals surface area contributed by atoms with E-state index < -0.39 is 0 Å². The average Bonchev–Trinajstić information content (AvgIpc) is 3.10. The number of hydrogen-bond donors (Lipinski definition) is 2. The van der Waals surface area contributed by atoms with Crippen LogP contribution in [0.4, 0.5) is 0 Å². The molecule has 6 heteroatoms. The molecule has 2 N–H and O–H groups in total. The molecule has 2 aliphatic heterocycles. The SMILES string of the molecule is CN=C(NC[C@H]1CCCN1CC(C)C)NC1CN(C(C)C)CC1C.I. The molecular weight excluding hydrogens is 425 g/mol. The minimum Gasteiger partial charge on any atom is -0.355 e. The zero-order valence-corrected chi connectivity index (χ0v) is 19.4. The van der Waals surface area contributed by atoms with Crippen LogP contribution in [0.2, 0.25) is 0 Å². The number of nitrogens with zero attached hydrogens (tertiary/aromatic N) is 3. The van der Waals surface area contributed by atoms with Crippen LogP contribution in [0.15, 0.2) is 4.99 Å². The highest BCUT2D eigenvalue weighted by Crippen LogP contribution is 2.19. The van der Waals surface area contributed by atoms with Crippen LogP contribution in [0.1, 0.15) is 47.5 Å². The summed E-state index contributed by atoms with van der Waals surface area (Å²) in [4.78, 5) is 9.66. The maximum atomic E-state index is 4.46. The van der Waals surface area contributed by atoms with Gasteiger partial charge >= 0.3 is 0 Å². The van der Waals surface area contributed by atoms with Gasteiger partial charge in [0.1, 0.15) is 0 Å². The Kier molecular flexibility index (Phi) is 10.0. The van der Waals surface area contributed by atoms with Crippen LogP contribution in [-0.4, -0.2) is 73.7 Å². The van der Waals surface area contributed by atoms with E-state index in [1.807, 2.05) is 7.05 Å². The van der Waals surface area contributed by atoms with Crippen molar-refractivity contribution < 1.29 is 0 Å². The van der Waals surface area contributed by atoms with Crippen molar-refractivity contribution >= 4 is 29.9 Å². The van der Waals surface area contributed by atoms with Crippen molar-refractivity contribution in [2.24, 2.45) is 16.8 Å². The van der Waals surface area contributed by atoms with Crippen LogP contribution in [0, 0.1) is 11.8 Å². The fourth-order valence-corrected chi connectivity index (χ4v) is 4.03. The molecule has 0 aliphatic carbocycles. The molecule has 2 aliphatic rings. The molecule has 0 amide bonds. The van der Waals surface area contributed by atoms with Crippen molar-refractivity contribution in [2.75, 3.05) is 39.8 Å². The van der Waals surface area contributed by atoms with Crippen LogP contribution in [0.5, 0.6) is 0 Å². The maximum Gasteiger partial charge on any atom is 0.191 e. The van der Waals surface area contributed by atoms with Gasteiger partial charge in [-0.05, 0) is 45.1 Å². The minimum atomic E-state index is 0. The monoisotopic (exact) mass is 465 g/mol. The van der Waals surface area contributed by atoms with Crippen LogP contribution < -0.4 is 10.6 Å². The zero-order valence-electron chi connectivity index (χ0n) is 17.1. The van der Waals surface area contributed by atoms with Crippen molar-refractivity contribution in [1.82, 2.24) is 20.4 Å². The average molecular weight is 465 g/mol. The Morgan fingerprint density at radius 3 is 2.48 bits per heavy atom. The molecule has 0 aromatic carbocycles. The van der Waals surface area contributed by atoms with E-state index in [4.69, 9.17) is 0 Å². The van der Waals surface area contributed by atoms with E-state index in [9.17, 15) is 0 Å². The molecule has 0 radical (unpaired) electrons. The molecule has 0 bridgehead atoms. The van der Waals surface area contributed by atoms with Crippen molar-refractivity contribution in [1.29, 1.82) is 0 Å². The van der Waals surface area contributed by atoms with Crippen LogP contribution in [-0.2, 0) is 0 Å². The molecule has 25 heavy (non-hydrogen) atoms.